The van der Waals surface area contributed by atoms with E-state index in [1.54, 1.807) is 19.1 Å². The van der Waals surface area contributed by atoms with Crippen molar-refractivity contribution in [2.75, 3.05) is 38.3 Å². The first kappa shape index (κ1) is 29.6. The average molecular weight is 556 g/mol. The van der Waals surface area contributed by atoms with E-state index in [1.807, 2.05) is 36.4 Å². The zero-order chi connectivity index (χ0) is 29.4. The van der Waals surface area contributed by atoms with Crippen molar-refractivity contribution < 1.29 is 24.2 Å². The highest BCUT2D eigenvalue weighted by atomic mass is 16.6. The van der Waals surface area contributed by atoms with Crippen LogP contribution < -0.4 is 9.64 Å². The van der Waals surface area contributed by atoms with E-state index in [0.29, 0.717) is 25.2 Å². The predicted molar refractivity (Wildman–Crippen MR) is 159 cm³/mol. The number of hydrogen-bond donors (Lipinski definition) is 1. The molecule has 4 rings (SSSR count). The molecule has 1 N–H and O–H groups in total. The van der Waals surface area contributed by atoms with Gasteiger partial charge in [0.1, 0.15) is 25.2 Å². The van der Waals surface area contributed by atoms with Crippen LogP contribution in [0.3, 0.4) is 0 Å². The third-order valence-corrected chi connectivity index (χ3v) is 7.43. The van der Waals surface area contributed by atoms with Crippen molar-refractivity contribution in [3.63, 3.8) is 0 Å². The van der Waals surface area contributed by atoms with E-state index in [0.717, 1.165) is 47.7 Å². The van der Waals surface area contributed by atoms with Crippen LogP contribution in [-0.2, 0) is 26.2 Å². The molecular formula is C33H37N3O5. The van der Waals surface area contributed by atoms with Crippen molar-refractivity contribution >= 4 is 17.4 Å². The summed E-state index contributed by atoms with van der Waals surface area (Å²) in [6.07, 6.45) is 0.459. The lowest BCUT2D eigenvalue weighted by molar-refractivity contribution is -0.149. The minimum absolute atomic E-state index is 0.0172. The highest BCUT2D eigenvalue weighted by Crippen LogP contribution is 2.40. The molecule has 1 heterocycles. The third-order valence-electron chi connectivity index (χ3n) is 7.43. The second-order valence-electron chi connectivity index (χ2n) is 10.6. The maximum atomic E-state index is 11.4. The Balaban J connectivity index is 1.46. The number of benzene rings is 3. The number of carboxylic acids is 1. The summed E-state index contributed by atoms with van der Waals surface area (Å²) in [6.45, 7) is 8.84. The van der Waals surface area contributed by atoms with Crippen molar-refractivity contribution in [1.82, 2.24) is 0 Å². The fourth-order valence-electron chi connectivity index (χ4n) is 5.10. The molecule has 0 spiro atoms. The first-order valence-corrected chi connectivity index (χ1v) is 13.8. The Morgan fingerprint density at radius 3 is 2.44 bits per heavy atom. The molecule has 214 valence electrons. The molecule has 8 nitrogen and oxygen atoms in total. The van der Waals surface area contributed by atoms with Crippen LogP contribution in [0.5, 0.6) is 5.75 Å². The lowest BCUT2D eigenvalue weighted by atomic mass is 9.76. The summed E-state index contributed by atoms with van der Waals surface area (Å²) in [7, 11) is 1.54. The van der Waals surface area contributed by atoms with Crippen LogP contribution in [-0.4, -0.2) is 56.3 Å². The summed E-state index contributed by atoms with van der Waals surface area (Å²) < 4.78 is 11.4. The molecule has 1 atom stereocenters. The van der Waals surface area contributed by atoms with Crippen molar-refractivity contribution in [2.24, 2.45) is 5.16 Å². The monoisotopic (exact) mass is 555 g/mol. The van der Waals surface area contributed by atoms with Crippen LogP contribution in [0, 0.1) is 11.3 Å². The number of ether oxygens (including phenoxy) is 2. The van der Waals surface area contributed by atoms with Gasteiger partial charge in [0.05, 0.1) is 18.2 Å². The predicted octanol–water partition coefficient (Wildman–Crippen LogP) is 5.56. The molecule has 41 heavy (non-hydrogen) atoms. The molecule has 0 unspecified atom stereocenters. The quantitative estimate of drug-likeness (QED) is 0.231. The van der Waals surface area contributed by atoms with Gasteiger partial charge in [0.25, 0.3) is 0 Å². The SMILES string of the molecule is CCO[C@@H](Cc1ccc(OCCN2CCC(C)(C)c3cc(/C(=N\OC)c4ccc(C#N)cc4)ccc32)cc1)C(=O)O. The molecule has 1 aliphatic rings. The fraction of sp³-hybridized carbons (Fsp3) is 0.364. The highest BCUT2D eigenvalue weighted by Gasteiger charge is 2.32. The minimum Gasteiger partial charge on any atom is -0.492 e. The van der Waals surface area contributed by atoms with Crippen LogP contribution in [0.25, 0.3) is 0 Å². The van der Waals surface area contributed by atoms with Crippen molar-refractivity contribution in [1.29, 1.82) is 5.26 Å². The highest BCUT2D eigenvalue weighted by molar-refractivity contribution is 6.13. The zero-order valence-corrected chi connectivity index (χ0v) is 24.1. The smallest absolute Gasteiger partial charge is 0.333 e. The normalized spacial score (nSPS) is 15.0. The van der Waals surface area contributed by atoms with E-state index in [9.17, 15) is 9.90 Å². The zero-order valence-electron chi connectivity index (χ0n) is 24.1. The maximum absolute atomic E-state index is 11.4. The number of nitrogens with zero attached hydrogens (tertiary/aromatic N) is 3. The van der Waals surface area contributed by atoms with Gasteiger partial charge < -0.3 is 24.3 Å². The number of nitriles is 1. The van der Waals surface area contributed by atoms with E-state index < -0.39 is 12.1 Å². The Morgan fingerprint density at radius 1 is 1.10 bits per heavy atom. The first-order chi connectivity index (χ1) is 19.7. The number of oxime groups is 1. The average Bonchev–Trinajstić information content (AvgIpc) is 2.97. The van der Waals surface area contributed by atoms with Gasteiger partial charge in [-0.15, -0.1) is 0 Å². The maximum Gasteiger partial charge on any atom is 0.333 e. The molecule has 1 aliphatic heterocycles. The van der Waals surface area contributed by atoms with Gasteiger partial charge in [-0.05, 0) is 66.3 Å². The van der Waals surface area contributed by atoms with Gasteiger partial charge in [0.15, 0.2) is 6.10 Å². The van der Waals surface area contributed by atoms with Gasteiger partial charge in [0, 0.05) is 36.4 Å². The van der Waals surface area contributed by atoms with Crippen LogP contribution in [0.15, 0.2) is 71.9 Å². The molecule has 0 aromatic heterocycles. The van der Waals surface area contributed by atoms with Gasteiger partial charge in [-0.2, -0.15) is 5.26 Å². The van der Waals surface area contributed by atoms with E-state index >= 15 is 0 Å². The van der Waals surface area contributed by atoms with Crippen molar-refractivity contribution in [2.45, 2.75) is 45.1 Å². The van der Waals surface area contributed by atoms with E-state index in [2.05, 4.69) is 48.2 Å². The number of carboxylic acid groups (broad SMARTS) is 1. The number of anilines is 1. The summed E-state index contributed by atoms with van der Waals surface area (Å²) in [6, 6.07) is 23.4. The molecular weight excluding hydrogens is 518 g/mol. The van der Waals surface area contributed by atoms with Crippen molar-refractivity contribution in [3.8, 4) is 11.8 Å². The van der Waals surface area contributed by atoms with Crippen LogP contribution >= 0.6 is 0 Å². The molecule has 3 aromatic rings. The summed E-state index contributed by atoms with van der Waals surface area (Å²) in [5.41, 5.74) is 6.44. The van der Waals surface area contributed by atoms with Gasteiger partial charge in [-0.25, -0.2) is 4.79 Å². The van der Waals surface area contributed by atoms with E-state index in [-0.39, 0.29) is 5.41 Å². The van der Waals surface area contributed by atoms with Gasteiger partial charge in [-0.1, -0.05) is 49.3 Å². The number of aliphatic carboxylic acids is 1. The molecule has 0 aliphatic carbocycles. The Bertz CT molecular complexity index is 1410. The second kappa shape index (κ2) is 13.3. The number of hydrogen-bond acceptors (Lipinski definition) is 7. The number of fused-ring (bicyclic) bond motifs is 1. The number of carbonyl (C=O) groups is 1. The summed E-state index contributed by atoms with van der Waals surface area (Å²) in [5, 5.41) is 22.8. The molecule has 0 amide bonds. The summed E-state index contributed by atoms with van der Waals surface area (Å²) in [5.74, 6) is -0.214. The molecule has 0 saturated heterocycles. The molecule has 3 aromatic carbocycles. The van der Waals surface area contributed by atoms with Gasteiger partial charge in [0.2, 0.25) is 0 Å². The summed E-state index contributed by atoms with van der Waals surface area (Å²) in [4.78, 5) is 18.9. The van der Waals surface area contributed by atoms with Crippen LogP contribution in [0.1, 0.15) is 55.0 Å². The molecule has 0 bridgehead atoms. The van der Waals surface area contributed by atoms with E-state index in [4.69, 9.17) is 19.6 Å². The van der Waals surface area contributed by atoms with Crippen molar-refractivity contribution in [3.05, 3.63) is 94.5 Å². The Hall–Kier alpha value is -4.35. The molecule has 8 heteroatoms. The molecule has 0 saturated carbocycles. The Morgan fingerprint density at radius 2 is 1.80 bits per heavy atom. The van der Waals surface area contributed by atoms with Gasteiger partial charge in [-0.3, -0.25) is 0 Å². The summed E-state index contributed by atoms with van der Waals surface area (Å²) >= 11 is 0. The van der Waals surface area contributed by atoms with Crippen LogP contribution in [0.4, 0.5) is 5.69 Å². The first-order valence-electron chi connectivity index (χ1n) is 13.8. The second-order valence-corrected chi connectivity index (χ2v) is 10.6. The number of rotatable bonds is 12. The standard InChI is InChI=1S/C33H37N3O5/c1-5-40-30(32(37)38)20-23-8-13-27(14-9-23)41-19-18-36-17-16-33(2,3)28-21-26(12-15-29(28)36)31(35-39-4)25-10-6-24(22-34)7-11-25/h6-15,21,30H,5,16-20H2,1-4H3,(H,37,38)/b35-31-/t30-/m0/s1. The van der Waals surface area contributed by atoms with Gasteiger partial charge >= 0.3 is 5.97 Å². The lowest BCUT2D eigenvalue weighted by Gasteiger charge is -2.40. The third kappa shape index (κ3) is 7.24. The van der Waals surface area contributed by atoms with E-state index in [1.165, 1.54) is 18.4 Å². The Kier molecular flexibility index (Phi) is 9.64. The fourth-order valence-corrected chi connectivity index (χ4v) is 5.10. The minimum atomic E-state index is -0.958. The molecule has 0 radical (unpaired) electrons. The topological polar surface area (TPSA) is 104 Å². The lowest BCUT2D eigenvalue weighted by Crippen LogP contribution is -2.39. The molecule has 0 fully saturated rings. The van der Waals surface area contributed by atoms with Crippen LogP contribution in [0.2, 0.25) is 0 Å². The largest absolute Gasteiger partial charge is 0.492 e. The Labute approximate surface area is 241 Å².